The summed E-state index contributed by atoms with van der Waals surface area (Å²) in [6.45, 7) is -1.35. The van der Waals surface area contributed by atoms with Gasteiger partial charge in [-0.05, 0) is 29.8 Å². The van der Waals surface area contributed by atoms with Crippen molar-refractivity contribution < 1.29 is 17.9 Å². The van der Waals surface area contributed by atoms with E-state index < -0.39 is 12.8 Å². The number of rotatable bonds is 3. The third-order valence-corrected chi connectivity index (χ3v) is 2.85. The van der Waals surface area contributed by atoms with Gasteiger partial charge in [-0.15, -0.1) is 0 Å². The van der Waals surface area contributed by atoms with Gasteiger partial charge in [-0.3, -0.25) is 0 Å². The first kappa shape index (κ1) is 13.4. The summed E-state index contributed by atoms with van der Waals surface area (Å²) in [4.78, 5) is 3.88. The SMILES string of the molecule is FC(F)(F)COc1ccc(-c2ccn3nccc3c2)cn1. The van der Waals surface area contributed by atoms with Crippen LogP contribution >= 0.6 is 0 Å². The minimum Gasteiger partial charge on any atom is -0.468 e. The zero-order valence-corrected chi connectivity index (χ0v) is 10.7. The van der Waals surface area contributed by atoms with E-state index in [2.05, 4.69) is 14.8 Å². The Hall–Kier alpha value is -2.57. The highest BCUT2D eigenvalue weighted by Gasteiger charge is 2.28. The van der Waals surface area contributed by atoms with E-state index in [9.17, 15) is 13.2 Å². The van der Waals surface area contributed by atoms with Gasteiger partial charge >= 0.3 is 6.18 Å². The number of pyridine rings is 2. The lowest BCUT2D eigenvalue weighted by Crippen LogP contribution is -2.19. The largest absolute Gasteiger partial charge is 0.468 e. The molecule has 3 aromatic heterocycles. The molecule has 3 heterocycles. The second-order valence-electron chi connectivity index (χ2n) is 4.41. The summed E-state index contributed by atoms with van der Waals surface area (Å²) in [6.07, 6.45) is 0.603. The Balaban J connectivity index is 1.80. The molecular formula is C14H10F3N3O. The number of hydrogen-bond acceptors (Lipinski definition) is 3. The summed E-state index contributed by atoms with van der Waals surface area (Å²) < 4.78 is 42.4. The van der Waals surface area contributed by atoms with Crippen LogP contribution in [-0.2, 0) is 0 Å². The molecule has 0 radical (unpaired) electrons. The van der Waals surface area contributed by atoms with Gasteiger partial charge in [0.2, 0.25) is 5.88 Å². The van der Waals surface area contributed by atoms with Gasteiger partial charge in [0.1, 0.15) is 0 Å². The van der Waals surface area contributed by atoms with Crippen LogP contribution in [0.3, 0.4) is 0 Å². The van der Waals surface area contributed by atoms with Gasteiger partial charge in [0, 0.05) is 30.2 Å². The zero-order chi connectivity index (χ0) is 14.9. The van der Waals surface area contributed by atoms with Crippen molar-refractivity contribution in [3.63, 3.8) is 0 Å². The number of aromatic nitrogens is 3. The maximum atomic E-state index is 12.0. The lowest BCUT2D eigenvalue weighted by atomic mass is 10.1. The zero-order valence-electron chi connectivity index (χ0n) is 10.7. The van der Waals surface area contributed by atoms with Crippen molar-refractivity contribution in [2.24, 2.45) is 0 Å². The molecule has 0 atom stereocenters. The van der Waals surface area contributed by atoms with Crippen LogP contribution in [0, 0.1) is 0 Å². The normalized spacial score (nSPS) is 11.8. The minimum absolute atomic E-state index is 0.0542. The highest BCUT2D eigenvalue weighted by molar-refractivity contribution is 5.68. The standard InChI is InChI=1S/C14H10F3N3O/c15-14(16,17)9-21-13-2-1-11(8-18-13)10-4-6-20-12(7-10)3-5-19-20/h1-8H,9H2. The fourth-order valence-electron chi connectivity index (χ4n) is 1.89. The van der Waals surface area contributed by atoms with Crippen LogP contribution in [0.5, 0.6) is 5.88 Å². The molecule has 0 unspecified atom stereocenters. The number of nitrogens with zero attached hydrogens (tertiary/aromatic N) is 3. The van der Waals surface area contributed by atoms with Crippen molar-refractivity contribution in [1.29, 1.82) is 0 Å². The van der Waals surface area contributed by atoms with Crippen molar-refractivity contribution in [2.75, 3.05) is 6.61 Å². The van der Waals surface area contributed by atoms with Gasteiger partial charge < -0.3 is 4.74 Å². The van der Waals surface area contributed by atoms with E-state index in [1.165, 1.54) is 12.3 Å². The van der Waals surface area contributed by atoms with Gasteiger partial charge in [0.15, 0.2) is 6.61 Å². The summed E-state index contributed by atoms with van der Waals surface area (Å²) in [7, 11) is 0. The van der Waals surface area contributed by atoms with E-state index in [-0.39, 0.29) is 5.88 Å². The molecule has 0 spiro atoms. The second kappa shape index (κ2) is 5.08. The third-order valence-electron chi connectivity index (χ3n) is 2.85. The Bertz CT molecular complexity index is 750. The Kier molecular flexibility index (Phi) is 3.25. The van der Waals surface area contributed by atoms with Crippen molar-refractivity contribution in [1.82, 2.24) is 14.6 Å². The molecule has 0 saturated heterocycles. The monoisotopic (exact) mass is 293 g/mol. The molecular weight excluding hydrogens is 283 g/mol. The Morgan fingerprint density at radius 3 is 2.67 bits per heavy atom. The highest BCUT2D eigenvalue weighted by atomic mass is 19.4. The molecule has 7 heteroatoms. The first-order valence-corrected chi connectivity index (χ1v) is 6.11. The number of ether oxygens (including phenoxy) is 1. The average Bonchev–Trinajstić information content (AvgIpc) is 2.92. The summed E-state index contributed by atoms with van der Waals surface area (Å²) in [5.41, 5.74) is 2.61. The molecule has 0 saturated carbocycles. The molecule has 0 aliphatic rings. The number of alkyl halides is 3. The lowest BCUT2D eigenvalue weighted by molar-refractivity contribution is -0.154. The lowest BCUT2D eigenvalue weighted by Gasteiger charge is -2.08. The van der Waals surface area contributed by atoms with E-state index in [0.717, 1.165) is 16.6 Å². The molecule has 108 valence electrons. The van der Waals surface area contributed by atoms with Crippen molar-refractivity contribution >= 4 is 5.52 Å². The summed E-state index contributed by atoms with van der Waals surface area (Å²) in [5.74, 6) is -0.0542. The molecule has 0 amide bonds. The number of fused-ring (bicyclic) bond motifs is 1. The van der Waals surface area contributed by atoms with Crippen LogP contribution < -0.4 is 4.74 Å². The summed E-state index contributed by atoms with van der Waals surface area (Å²) in [5, 5.41) is 4.09. The number of hydrogen-bond donors (Lipinski definition) is 0. The molecule has 0 fully saturated rings. The molecule has 0 aliphatic heterocycles. The van der Waals surface area contributed by atoms with E-state index in [1.54, 1.807) is 23.0 Å². The summed E-state index contributed by atoms with van der Waals surface area (Å²) >= 11 is 0. The molecule has 21 heavy (non-hydrogen) atoms. The Morgan fingerprint density at radius 1 is 1.10 bits per heavy atom. The molecule has 0 aromatic carbocycles. The van der Waals surface area contributed by atoms with Gasteiger partial charge in [-0.1, -0.05) is 0 Å². The van der Waals surface area contributed by atoms with Crippen molar-refractivity contribution in [3.05, 3.63) is 48.9 Å². The van der Waals surface area contributed by atoms with Crippen LogP contribution in [0.15, 0.2) is 48.9 Å². The quantitative estimate of drug-likeness (QED) is 0.743. The van der Waals surface area contributed by atoms with E-state index >= 15 is 0 Å². The van der Waals surface area contributed by atoms with Crippen LogP contribution in [0.1, 0.15) is 0 Å². The first-order valence-electron chi connectivity index (χ1n) is 6.11. The molecule has 0 aliphatic carbocycles. The fraction of sp³-hybridized carbons (Fsp3) is 0.143. The van der Waals surface area contributed by atoms with Gasteiger partial charge in [-0.25, -0.2) is 9.50 Å². The molecule has 3 aromatic rings. The first-order chi connectivity index (χ1) is 10.0. The molecule has 0 N–H and O–H groups in total. The third kappa shape index (κ3) is 3.13. The molecule has 3 rings (SSSR count). The topological polar surface area (TPSA) is 39.4 Å². The van der Waals surface area contributed by atoms with Gasteiger partial charge in [0.05, 0.1) is 5.52 Å². The van der Waals surface area contributed by atoms with Crippen LogP contribution in [-0.4, -0.2) is 27.4 Å². The van der Waals surface area contributed by atoms with Gasteiger partial charge in [0.25, 0.3) is 0 Å². The van der Waals surface area contributed by atoms with Crippen LogP contribution in [0.4, 0.5) is 13.2 Å². The molecule has 4 nitrogen and oxygen atoms in total. The van der Waals surface area contributed by atoms with Crippen molar-refractivity contribution in [2.45, 2.75) is 6.18 Å². The minimum atomic E-state index is -4.37. The maximum Gasteiger partial charge on any atom is 0.422 e. The Labute approximate surface area is 117 Å². The average molecular weight is 293 g/mol. The highest BCUT2D eigenvalue weighted by Crippen LogP contribution is 2.22. The van der Waals surface area contributed by atoms with Crippen LogP contribution in [0.2, 0.25) is 0 Å². The van der Waals surface area contributed by atoms with Crippen LogP contribution in [0.25, 0.3) is 16.6 Å². The fourth-order valence-corrected chi connectivity index (χ4v) is 1.89. The maximum absolute atomic E-state index is 12.0. The number of halogens is 3. The predicted molar refractivity (Wildman–Crippen MR) is 70.0 cm³/mol. The second-order valence-corrected chi connectivity index (χ2v) is 4.41. The Morgan fingerprint density at radius 2 is 1.95 bits per heavy atom. The smallest absolute Gasteiger partial charge is 0.422 e. The van der Waals surface area contributed by atoms with Crippen molar-refractivity contribution in [3.8, 4) is 17.0 Å². The predicted octanol–water partition coefficient (Wildman–Crippen LogP) is 3.34. The molecule has 0 bridgehead atoms. The van der Waals surface area contributed by atoms with E-state index in [0.29, 0.717) is 0 Å². The van der Waals surface area contributed by atoms with E-state index in [1.807, 2.05) is 18.2 Å². The summed E-state index contributed by atoms with van der Waals surface area (Å²) in [6, 6.07) is 8.72. The van der Waals surface area contributed by atoms with E-state index in [4.69, 9.17) is 0 Å². The van der Waals surface area contributed by atoms with Gasteiger partial charge in [-0.2, -0.15) is 18.3 Å².